The summed E-state index contributed by atoms with van der Waals surface area (Å²) in [5, 5.41) is 3.54. The zero-order valence-electron chi connectivity index (χ0n) is 13.4. The highest BCUT2D eigenvalue weighted by molar-refractivity contribution is 6.32. The van der Waals surface area contributed by atoms with E-state index in [0.717, 1.165) is 19.4 Å². The van der Waals surface area contributed by atoms with Gasteiger partial charge in [-0.05, 0) is 25.0 Å². The Balaban J connectivity index is 1.47. The number of benzene rings is 1. The van der Waals surface area contributed by atoms with Crippen molar-refractivity contribution < 1.29 is 9.53 Å². The number of para-hydroxylation sites is 1. The van der Waals surface area contributed by atoms with Gasteiger partial charge in [-0.1, -0.05) is 23.7 Å². The van der Waals surface area contributed by atoms with Gasteiger partial charge in [-0.3, -0.25) is 0 Å². The third-order valence-electron chi connectivity index (χ3n) is 4.00. The molecule has 2 aromatic rings. The fourth-order valence-electron chi connectivity index (χ4n) is 2.76. The summed E-state index contributed by atoms with van der Waals surface area (Å²) in [7, 11) is 0. The first-order valence-corrected chi connectivity index (χ1v) is 8.50. The molecule has 0 saturated carbocycles. The maximum atomic E-state index is 12.3. The predicted molar refractivity (Wildman–Crippen MR) is 92.3 cm³/mol. The van der Waals surface area contributed by atoms with Gasteiger partial charge >= 0.3 is 6.03 Å². The quantitative estimate of drug-likeness (QED) is 0.903. The number of hydrogen-bond donors (Lipinski definition) is 1. The minimum absolute atomic E-state index is 0.0296. The summed E-state index contributed by atoms with van der Waals surface area (Å²) in [6.07, 6.45) is 7.15. The molecule has 1 atom stereocenters. The van der Waals surface area contributed by atoms with Crippen molar-refractivity contribution in [1.29, 1.82) is 0 Å². The van der Waals surface area contributed by atoms with Crippen LogP contribution in [0.2, 0.25) is 5.02 Å². The van der Waals surface area contributed by atoms with Gasteiger partial charge in [-0.25, -0.2) is 9.78 Å². The molecule has 24 heavy (non-hydrogen) atoms. The van der Waals surface area contributed by atoms with Gasteiger partial charge in [0.1, 0.15) is 11.9 Å². The number of amides is 2. The second kappa shape index (κ2) is 8.06. The summed E-state index contributed by atoms with van der Waals surface area (Å²) < 4.78 is 7.89. The van der Waals surface area contributed by atoms with E-state index in [1.54, 1.807) is 23.5 Å². The van der Waals surface area contributed by atoms with E-state index in [9.17, 15) is 4.79 Å². The Bertz CT molecular complexity index is 662. The molecule has 1 saturated heterocycles. The van der Waals surface area contributed by atoms with Crippen LogP contribution in [0, 0.1) is 0 Å². The topological polar surface area (TPSA) is 59.4 Å². The van der Waals surface area contributed by atoms with E-state index in [0.29, 0.717) is 30.4 Å². The van der Waals surface area contributed by atoms with Crippen LogP contribution >= 0.6 is 11.6 Å². The third-order valence-corrected chi connectivity index (χ3v) is 4.31. The number of carbonyl (C=O) groups is 1. The summed E-state index contributed by atoms with van der Waals surface area (Å²) in [5.74, 6) is 0.673. The van der Waals surface area contributed by atoms with Crippen molar-refractivity contribution in [2.24, 2.45) is 0 Å². The van der Waals surface area contributed by atoms with E-state index in [-0.39, 0.29) is 12.1 Å². The SMILES string of the molecule is O=C(NCCn1ccnc1)N1CCC[C@@H](Oc2ccccc2Cl)C1. The summed E-state index contributed by atoms with van der Waals surface area (Å²) in [4.78, 5) is 18.1. The Kier molecular flexibility index (Phi) is 5.59. The number of hydrogen-bond acceptors (Lipinski definition) is 3. The van der Waals surface area contributed by atoms with Crippen molar-refractivity contribution in [3.63, 3.8) is 0 Å². The molecular formula is C17H21ClN4O2. The molecule has 0 bridgehead atoms. The number of nitrogens with zero attached hydrogens (tertiary/aromatic N) is 3. The van der Waals surface area contributed by atoms with Crippen LogP contribution in [0.5, 0.6) is 5.75 Å². The molecule has 3 rings (SSSR count). The molecule has 2 heterocycles. The maximum absolute atomic E-state index is 12.3. The second-order valence-corrected chi connectivity index (χ2v) is 6.20. The Morgan fingerprint density at radius 1 is 1.42 bits per heavy atom. The Hall–Kier alpha value is -2.21. The molecule has 128 valence electrons. The second-order valence-electron chi connectivity index (χ2n) is 5.79. The van der Waals surface area contributed by atoms with Gasteiger partial charge in [0.05, 0.1) is 17.9 Å². The van der Waals surface area contributed by atoms with Crippen LogP contribution in [0.4, 0.5) is 4.79 Å². The number of likely N-dealkylation sites (tertiary alicyclic amines) is 1. The largest absolute Gasteiger partial charge is 0.487 e. The van der Waals surface area contributed by atoms with Gasteiger partial charge in [0, 0.05) is 32.0 Å². The van der Waals surface area contributed by atoms with Crippen molar-refractivity contribution in [3.8, 4) is 5.75 Å². The van der Waals surface area contributed by atoms with Gasteiger partial charge in [-0.2, -0.15) is 0 Å². The lowest BCUT2D eigenvalue weighted by atomic mass is 10.1. The van der Waals surface area contributed by atoms with Crippen molar-refractivity contribution >= 4 is 17.6 Å². The zero-order chi connectivity index (χ0) is 16.8. The summed E-state index contributed by atoms with van der Waals surface area (Å²) >= 11 is 6.13. The predicted octanol–water partition coefficient (Wildman–Crippen LogP) is 2.79. The monoisotopic (exact) mass is 348 g/mol. The molecule has 1 aliphatic rings. The minimum Gasteiger partial charge on any atom is -0.487 e. The number of nitrogens with one attached hydrogen (secondary N) is 1. The first kappa shape index (κ1) is 16.6. The number of ether oxygens (including phenoxy) is 1. The number of aromatic nitrogens is 2. The molecule has 0 radical (unpaired) electrons. The molecule has 1 fully saturated rings. The molecule has 0 aliphatic carbocycles. The Labute approximate surface area is 146 Å². The van der Waals surface area contributed by atoms with Crippen LogP contribution in [0.15, 0.2) is 43.0 Å². The number of urea groups is 1. The first-order valence-electron chi connectivity index (χ1n) is 8.12. The zero-order valence-corrected chi connectivity index (χ0v) is 14.2. The molecule has 1 aliphatic heterocycles. The normalized spacial score (nSPS) is 17.5. The Morgan fingerprint density at radius 3 is 3.08 bits per heavy atom. The number of piperidine rings is 1. The van der Waals surface area contributed by atoms with Gasteiger partial charge < -0.3 is 19.5 Å². The third kappa shape index (κ3) is 4.41. The lowest BCUT2D eigenvalue weighted by Crippen LogP contribution is -2.49. The average Bonchev–Trinajstić information content (AvgIpc) is 3.10. The number of rotatable bonds is 5. The lowest BCUT2D eigenvalue weighted by Gasteiger charge is -2.33. The van der Waals surface area contributed by atoms with Crippen molar-refractivity contribution in [2.45, 2.75) is 25.5 Å². The number of halogens is 1. The van der Waals surface area contributed by atoms with Crippen molar-refractivity contribution in [3.05, 3.63) is 48.0 Å². The molecule has 7 heteroatoms. The van der Waals surface area contributed by atoms with E-state index >= 15 is 0 Å². The fourth-order valence-corrected chi connectivity index (χ4v) is 2.94. The number of carbonyl (C=O) groups excluding carboxylic acids is 1. The maximum Gasteiger partial charge on any atom is 0.317 e. The molecule has 2 amide bonds. The molecular weight excluding hydrogens is 328 g/mol. The van der Waals surface area contributed by atoms with Gasteiger partial charge in [0.25, 0.3) is 0 Å². The van der Waals surface area contributed by atoms with E-state index in [1.165, 1.54) is 0 Å². The van der Waals surface area contributed by atoms with Crippen molar-refractivity contribution in [1.82, 2.24) is 19.8 Å². The van der Waals surface area contributed by atoms with Gasteiger partial charge in [-0.15, -0.1) is 0 Å². The van der Waals surface area contributed by atoms with E-state index in [4.69, 9.17) is 16.3 Å². The molecule has 1 N–H and O–H groups in total. The van der Waals surface area contributed by atoms with Gasteiger partial charge in [0.2, 0.25) is 0 Å². The highest BCUT2D eigenvalue weighted by Crippen LogP contribution is 2.26. The smallest absolute Gasteiger partial charge is 0.317 e. The van der Waals surface area contributed by atoms with Crippen LogP contribution in [-0.4, -0.2) is 46.2 Å². The standard InChI is InChI=1S/C17H21ClN4O2/c18-15-5-1-2-6-16(15)24-14-4-3-9-22(12-14)17(23)20-8-11-21-10-7-19-13-21/h1-2,5-7,10,13-14H,3-4,8-9,11-12H2,(H,20,23)/t14-/m1/s1. The minimum atomic E-state index is -0.0532. The molecule has 1 aromatic heterocycles. The average molecular weight is 349 g/mol. The first-order chi connectivity index (χ1) is 11.7. The lowest BCUT2D eigenvalue weighted by molar-refractivity contribution is 0.101. The van der Waals surface area contributed by atoms with Crippen molar-refractivity contribution in [2.75, 3.05) is 19.6 Å². The van der Waals surface area contributed by atoms with Crippen LogP contribution in [0.1, 0.15) is 12.8 Å². The van der Waals surface area contributed by atoms with E-state index in [1.807, 2.05) is 29.0 Å². The molecule has 0 spiro atoms. The highest BCUT2D eigenvalue weighted by Gasteiger charge is 2.25. The number of imidazole rings is 1. The molecule has 6 nitrogen and oxygen atoms in total. The van der Waals surface area contributed by atoms with E-state index < -0.39 is 0 Å². The van der Waals surface area contributed by atoms with Crippen LogP contribution in [0.3, 0.4) is 0 Å². The summed E-state index contributed by atoms with van der Waals surface area (Å²) in [6.45, 7) is 2.60. The Morgan fingerprint density at radius 2 is 2.29 bits per heavy atom. The summed E-state index contributed by atoms with van der Waals surface area (Å²) in [5.41, 5.74) is 0. The van der Waals surface area contributed by atoms with E-state index in [2.05, 4.69) is 10.3 Å². The molecule has 0 unspecified atom stereocenters. The van der Waals surface area contributed by atoms with Crippen LogP contribution in [0.25, 0.3) is 0 Å². The highest BCUT2D eigenvalue weighted by atomic mass is 35.5. The fraction of sp³-hybridized carbons (Fsp3) is 0.412. The van der Waals surface area contributed by atoms with Crippen LogP contribution < -0.4 is 10.1 Å². The molecule has 1 aromatic carbocycles. The summed E-state index contributed by atoms with van der Waals surface area (Å²) in [6, 6.07) is 7.37. The van der Waals surface area contributed by atoms with Crippen LogP contribution in [-0.2, 0) is 6.54 Å². The van der Waals surface area contributed by atoms with Gasteiger partial charge in [0.15, 0.2) is 0 Å².